The molecular weight excluding hydrogens is 338 g/mol. The number of aromatic nitrogens is 1. The number of aryl methyl sites for hydroxylation is 1. The van der Waals surface area contributed by atoms with E-state index >= 15 is 0 Å². The number of ether oxygens (including phenoxy) is 1. The molecule has 3 rings (SSSR count). The minimum absolute atomic E-state index is 0.236. The Morgan fingerprint density at radius 1 is 1.08 bits per heavy atom. The summed E-state index contributed by atoms with van der Waals surface area (Å²) in [5.74, 6) is 0. The fourth-order valence-electron chi connectivity index (χ4n) is 2.89. The van der Waals surface area contributed by atoms with Crippen LogP contribution in [0, 0.1) is 0 Å². The van der Waals surface area contributed by atoms with Gasteiger partial charge in [-0.25, -0.2) is 4.79 Å². The average molecular weight is 360 g/mol. The van der Waals surface area contributed by atoms with E-state index < -0.39 is 0 Å². The third-order valence-corrected chi connectivity index (χ3v) is 4.58. The number of halogens is 1. The molecule has 0 aliphatic carbocycles. The number of anilines is 1. The number of pyridine rings is 1. The first-order chi connectivity index (χ1) is 12.2. The minimum Gasteiger partial charge on any atom is -0.449 e. The fourth-order valence-corrected chi connectivity index (χ4v) is 3.14. The van der Waals surface area contributed by atoms with Gasteiger partial charge in [0.1, 0.15) is 0 Å². The van der Waals surface area contributed by atoms with Crippen LogP contribution in [0.15, 0.2) is 48.7 Å². The molecule has 0 saturated carbocycles. The Balaban J connectivity index is 1.39. The molecule has 1 saturated heterocycles. The number of benzene rings is 1. The van der Waals surface area contributed by atoms with Crippen LogP contribution < -0.4 is 4.90 Å². The van der Waals surface area contributed by atoms with Crippen LogP contribution in [0.5, 0.6) is 0 Å². The number of nitrogens with zero attached hydrogens (tertiary/aromatic N) is 3. The molecule has 1 amide bonds. The summed E-state index contributed by atoms with van der Waals surface area (Å²) >= 11 is 6.24. The SMILES string of the molecule is O=C(OCCCc1ccccn1)N1CCN(c2ccccc2Cl)CC1. The van der Waals surface area contributed by atoms with Gasteiger partial charge < -0.3 is 14.5 Å². The molecule has 0 bridgehead atoms. The lowest BCUT2D eigenvalue weighted by Gasteiger charge is -2.35. The smallest absolute Gasteiger partial charge is 0.409 e. The van der Waals surface area contributed by atoms with E-state index in [1.165, 1.54) is 0 Å². The van der Waals surface area contributed by atoms with Crippen molar-refractivity contribution in [2.45, 2.75) is 12.8 Å². The van der Waals surface area contributed by atoms with Crippen molar-refractivity contribution in [3.05, 3.63) is 59.4 Å². The summed E-state index contributed by atoms with van der Waals surface area (Å²) in [6.07, 6.45) is 3.14. The van der Waals surface area contributed by atoms with Gasteiger partial charge >= 0.3 is 6.09 Å². The lowest BCUT2D eigenvalue weighted by Crippen LogP contribution is -2.49. The molecule has 25 heavy (non-hydrogen) atoms. The van der Waals surface area contributed by atoms with Crippen LogP contribution in [0.25, 0.3) is 0 Å². The molecule has 0 N–H and O–H groups in total. The zero-order valence-electron chi connectivity index (χ0n) is 14.1. The summed E-state index contributed by atoms with van der Waals surface area (Å²) in [7, 11) is 0. The van der Waals surface area contributed by atoms with Gasteiger partial charge in [0, 0.05) is 38.1 Å². The van der Waals surface area contributed by atoms with Crippen molar-refractivity contribution >= 4 is 23.4 Å². The highest BCUT2D eigenvalue weighted by atomic mass is 35.5. The van der Waals surface area contributed by atoms with Crippen LogP contribution in [-0.2, 0) is 11.2 Å². The summed E-state index contributed by atoms with van der Waals surface area (Å²) < 4.78 is 5.38. The highest BCUT2D eigenvalue weighted by Gasteiger charge is 2.23. The van der Waals surface area contributed by atoms with Gasteiger partial charge in [-0.15, -0.1) is 0 Å². The van der Waals surface area contributed by atoms with Crippen molar-refractivity contribution in [1.82, 2.24) is 9.88 Å². The van der Waals surface area contributed by atoms with E-state index in [1.54, 1.807) is 11.1 Å². The minimum atomic E-state index is -0.236. The number of hydrogen-bond donors (Lipinski definition) is 0. The Hall–Kier alpha value is -2.27. The van der Waals surface area contributed by atoms with E-state index in [0.717, 1.165) is 42.3 Å². The molecule has 132 valence electrons. The monoisotopic (exact) mass is 359 g/mol. The molecular formula is C19H22ClN3O2. The van der Waals surface area contributed by atoms with E-state index in [4.69, 9.17) is 16.3 Å². The quantitative estimate of drug-likeness (QED) is 0.765. The first-order valence-electron chi connectivity index (χ1n) is 8.55. The highest BCUT2D eigenvalue weighted by molar-refractivity contribution is 6.33. The number of carbonyl (C=O) groups excluding carboxylic acids is 1. The molecule has 0 atom stereocenters. The lowest BCUT2D eigenvalue weighted by atomic mass is 10.2. The van der Waals surface area contributed by atoms with Gasteiger partial charge in [-0.05, 0) is 37.1 Å². The van der Waals surface area contributed by atoms with Gasteiger partial charge in [0.2, 0.25) is 0 Å². The van der Waals surface area contributed by atoms with Gasteiger partial charge in [0.25, 0.3) is 0 Å². The highest BCUT2D eigenvalue weighted by Crippen LogP contribution is 2.26. The predicted molar refractivity (Wildman–Crippen MR) is 99.1 cm³/mol. The molecule has 1 fully saturated rings. The summed E-state index contributed by atoms with van der Waals surface area (Å²) in [5.41, 5.74) is 2.04. The Morgan fingerprint density at radius 3 is 2.56 bits per heavy atom. The standard InChI is InChI=1S/C19H22ClN3O2/c20-17-8-1-2-9-18(17)22-11-13-23(14-12-22)19(24)25-15-5-7-16-6-3-4-10-21-16/h1-4,6,8-10H,5,7,11-15H2. The molecule has 6 heteroatoms. The molecule has 1 aliphatic heterocycles. The number of rotatable bonds is 5. The Kier molecular flexibility index (Phi) is 6.12. The van der Waals surface area contributed by atoms with E-state index in [2.05, 4.69) is 9.88 Å². The third kappa shape index (κ3) is 4.86. The molecule has 5 nitrogen and oxygen atoms in total. The molecule has 0 spiro atoms. The first kappa shape index (κ1) is 17.5. The maximum absolute atomic E-state index is 12.2. The van der Waals surface area contributed by atoms with Crippen LogP contribution in [0.4, 0.5) is 10.5 Å². The van der Waals surface area contributed by atoms with Crippen molar-refractivity contribution in [1.29, 1.82) is 0 Å². The molecule has 1 aromatic carbocycles. The van der Waals surface area contributed by atoms with Gasteiger partial charge in [0.05, 0.1) is 17.3 Å². The zero-order chi connectivity index (χ0) is 17.5. The van der Waals surface area contributed by atoms with Crippen molar-refractivity contribution in [3.8, 4) is 0 Å². The normalized spacial score (nSPS) is 14.4. The summed E-state index contributed by atoms with van der Waals surface area (Å²) in [5, 5.41) is 0.744. The van der Waals surface area contributed by atoms with Crippen LogP contribution in [0.3, 0.4) is 0 Å². The van der Waals surface area contributed by atoms with E-state index in [9.17, 15) is 4.79 Å². The predicted octanol–water partition coefficient (Wildman–Crippen LogP) is 3.63. The van der Waals surface area contributed by atoms with Crippen molar-refractivity contribution in [3.63, 3.8) is 0 Å². The summed E-state index contributed by atoms with van der Waals surface area (Å²) in [6.45, 7) is 3.22. The number of piperazine rings is 1. The fraction of sp³-hybridized carbons (Fsp3) is 0.368. The second-order valence-electron chi connectivity index (χ2n) is 5.96. The Bertz CT molecular complexity index is 688. The van der Waals surface area contributed by atoms with Gasteiger partial charge in [0.15, 0.2) is 0 Å². The van der Waals surface area contributed by atoms with Crippen LogP contribution in [-0.4, -0.2) is 48.8 Å². The van der Waals surface area contributed by atoms with Crippen molar-refractivity contribution in [2.75, 3.05) is 37.7 Å². The van der Waals surface area contributed by atoms with Crippen LogP contribution >= 0.6 is 11.6 Å². The number of carbonyl (C=O) groups is 1. The molecule has 0 unspecified atom stereocenters. The average Bonchev–Trinajstić information content (AvgIpc) is 2.66. The number of para-hydroxylation sites is 1. The molecule has 1 aliphatic rings. The van der Waals surface area contributed by atoms with E-state index in [0.29, 0.717) is 19.7 Å². The molecule has 2 aromatic rings. The second-order valence-corrected chi connectivity index (χ2v) is 6.37. The lowest BCUT2D eigenvalue weighted by molar-refractivity contribution is 0.0991. The first-order valence-corrected chi connectivity index (χ1v) is 8.93. The molecule has 1 aromatic heterocycles. The maximum Gasteiger partial charge on any atom is 0.409 e. The van der Waals surface area contributed by atoms with Crippen LogP contribution in [0.2, 0.25) is 5.02 Å². The van der Waals surface area contributed by atoms with Crippen LogP contribution in [0.1, 0.15) is 12.1 Å². The number of hydrogen-bond acceptors (Lipinski definition) is 4. The second kappa shape index (κ2) is 8.72. The van der Waals surface area contributed by atoms with Gasteiger partial charge in [-0.1, -0.05) is 29.8 Å². The maximum atomic E-state index is 12.2. The molecule has 0 radical (unpaired) electrons. The Morgan fingerprint density at radius 2 is 1.84 bits per heavy atom. The van der Waals surface area contributed by atoms with Crippen molar-refractivity contribution in [2.24, 2.45) is 0 Å². The third-order valence-electron chi connectivity index (χ3n) is 4.26. The van der Waals surface area contributed by atoms with Crippen molar-refractivity contribution < 1.29 is 9.53 Å². The van der Waals surface area contributed by atoms with Gasteiger partial charge in [-0.3, -0.25) is 4.98 Å². The van der Waals surface area contributed by atoms with E-state index in [1.807, 2.05) is 42.5 Å². The van der Waals surface area contributed by atoms with Gasteiger partial charge in [-0.2, -0.15) is 0 Å². The largest absolute Gasteiger partial charge is 0.449 e. The topological polar surface area (TPSA) is 45.7 Å². The Labute approximate surface area is 153 Å². The molecule has 2 heterocycles. The number of amides is 1. The summed E-state index contributed by atoms with van der Waals surface area (Å²) in [6, 6.07) is 13.6. The summed E-state index contributed by atoms with van der Waals surface area (Å²) in [4.78, 5) is 20.4. The van der Waals surface area contributed by atoms with E-state index in [-0.39, 0.29) is 6.09 Å². The zero-order valence-corrected chi connectivity index (χ0v) is 14.9.